The molecule has 0 spiro atoms. The standard InChI is InChI=1S/C21H34N2S.C19H29N.C4H8O.2C2H4/c1-15(2)20(17(4)22)18-11-10-16(3)19(14-18)24(8,9)23-13-12-21(5,6)7;1-7-8-11-20-13-18-12-17(10-9-16(18)6)19(14(2)3)15(4)5;1-2-3-4-5;2*1-2/h10-11,14,22-23H,8-9,12-13H2,1-7H3;9-10,12,20H,2,7-8,11,13H2,1,3-6H3;2,5H,1,3-4H2;2*1-2H2. The zero-order valence-electron chi connectivity index (χ0n) is 36.2. The Bertz CT molecular complexity index is 1570. The average Bonchev–Trinajstić information content (AvgIpc) is 3.06. The van der Waals surface area contributed by atoms with E-state index in [-0.39, 0.29) is 6.61 Å². The normalized spacial score (nSPS) is 10.3. The van der Waals surface area contributed by atoms with Crippen LogP contribution in [0.4, 0.5) is 0 Å². The average molecular weight is 746 g/mol. The van der Waals surface area contributed by atoms with Crippen molar-refractivity contribution < 1.29 is 5.11 Å². The maximum Gasteiger partial charge on any atom is 0.0465 e. The summed E-state index contributed by atoms with van der Waals surface area (Å²) < 4.78 is 3.59. The third kappa shape index (κ3) is 22.4. The van der Waals surface area contributed by atoms with Gasteiger partial charge in [-0.25, -0.2) is 0 Å². The molecule has 2 aromatic carbocycles. The van der Waals surface area contributed by atoms with Crippen molar-refractivity contribution >= 4 is 38.0 Å². The van der Waals surface area contributed by atoms with Crippen molar-refractivity contribution in [2.24, 2.45) is 5.41 Å². The lowest BCUT2D eigenvalue weighted by Gasteiger charge is -2.24. The van der Waals surface area contributed by atoms with Gasteiger partial charge in [0.15, 0.2) is 0 Å². The summed E-state index contributed by atoms with van der Waals surface area (Å²) in [5.74, 6) is 8.80. The smallest absolute Gasteiger partial charge is 0.0465 e. The first-order valence-corrected chi connectivity index (χ1v) is 20.6. The predicted octanol–water partition coefficient (Wildman–Crippen LogP) is 13.2. The van der Waals surface area contributed by atoms with Gasteiger partial charge in [0.2, 0.25) is 0 Å². The van der Waals surface area contributed by atoms with Gasteiger partial charge < -0.3 is 15.8 Å². The van der Waals surface area contributed by atoms with Crippen molar-refractivity contribution in [2.45, 2.75) is 120 Å². The lowest BCUT2D eigenvalue weighted by molar-refractivity contribution is 0.303. The quantitative estimate of drug-likeness (QED) is 0.0482. The van der Waals surface area contributed by atoms with Crippen LogP contribution in [0.5, 0.6) is 0 Å². The minimum atomic E-state index is -1.56. The second-order valence-electron chi connectivity index (χ2n) is 14.7. The Morgan fingerprint density at radius 2 is 1.34 bits per heavy atom. The van der Waals surface area contributed by atoms with Crippen molar-refractivity contribution in [3.63, 3.8) is 0 Å². The van der Waals surface area contributed by atoms with E-state index in [2.05, 4.69) is 174 Å². The number of rotatable bonds is 15. The molecule has 0 aliphatic heterocycles. The Labute approximate surface area is 329 Å². The van der Waals surface area contributed by atoms with E-state index in [4.69, 9.17) is 10.5 Å². The van der Waals surface area contributed by atoms with Gasteiger partial charge >= 0.3 is 0 Å². The van der Waals surface area contributed by atoms with Crippen molar-refractivity contribution in [1.82, 2.24) is 10.0 Å². The van der Waals surface area contributed by atoms with Crippen LogP contribution in [0, 0.1) is 24.7 Å². The fourth-order valence-corrected chi connectivity index (χ4v) is 7.04. The van der Waals surface area contributed by atoms with E-state index in [9.17, 15) is 0 Å². The van der Waals surface area contributed by atoms with Crippen LogP contribution in [0.15, 0.2) is 104 Å². The SMILES string of the molecule is C=C.C=C.C=C(C)C(=C(C)C)c1ccc(C)c(CNCCCC)c1.C=CCCO.C=S(=C)(NCCC(C)(C)C)c1cc(C(C(C)=N)=C(C)C)ccc1C. The van der Waals surface area contributed by atoms with E-state index in [1.807, 2.05) is 6.92 Å². The lowest BCUT2D eigenvalue weighted by Crippen LogP contribution is -2.18. The molecule has 0 heterocycles. The Morgan fingerprint density at radius 3 is 1.74 bits per heavy atom. The van der Waals surface area contributed by atoms with Crippen molar-refractivity contribution in [2.75, 3.05) is 19.7 Å². The van der Waals surface area contributed by atoms with Gasteiger partial charge in [-0.2, -0.15) is 0 Å². The second kappa shape index (κ2) is 28.9. The van der Waals surface area contributed by atoms with Crippen LogP contribution in [0.25, 0.3) is 11.1 Å². The summed E-state index contributed by atoms with van der Waals surface area (Å²) in [6.45, 7) is 48.3. The fraction of sp³-hybridized carbons (Fsp3) is 0.438. The summed E-state index contributed by atoms with van der Waals surface area (Å²) >= 11 is 0. The molecule has 2 aromatic rings. The van der Waals surface area contributed by atoms with Gasteiger partial charge in [-0.15, -0.1) is 42.3 Å². The molecule has 0 fully saturated rings. The first kappa shape index (κ1) is 53.9. The Kier molecular flexibility index (Phi) is 29.4. The lowest BCUT2D eigenvalue weighted by atomic mass is 9.93. The molecule has 0 saturated heterocycles. The van der Waals surface area contributed by atoms with Gasteiger partial charge in [0.05, 0.1) is 0 Å². The molecule has 0 aliphatic rings. The van der Waals surface area contributed by atoms with Crippen LogP contribution < -0.4 is 10.0 Å². The van der Waals surface area contributed by atoms with Crippen molar-refractivity contribution in [3.8, 4) is 0 Å². The van der Waals surface area contributed by atoms with Crippen LogP contribution in [-0.2, 0) is 6.54 Å². The third-order valence-corrected chi connectivity index (χ3v) is 9.98. The highest BCUT2D eigenvalue weighted by Crippen LogP contribution is 2.35. The van der Waals surface area contributed by atoms with Crippen LogP contribution in [0.1, 0.15) is 123 Å². The Hall–Kier alpha value is -3.48. The molecule has 2 rings (SSSR count). The molecule has 0 saturated carbocycles. The largest absolute Gasteiger partial charge is 0.396 e. The fourth-order valence-electron chi connectivity index (χ4n) is 5.35. The van der Waals surface area contributed by atoms with E-state index < -0.39 is 9.39 Å². The zero-order chi connectivity index (χ0) is 41.9. The van der Waals surface area contributed by atoms with Crippen molar-refractivity contribution in [1.29, 1.82) is 5.41 Å². The summed E-state index contributed by atoms with van der Waals surface area (Å²) in [6.07, 6.45) is 5.96. The molecule has 0 amide bonds. The first-order valence-electron chi connectivity index (χ1n) is 18.7. The highest BCUT2D eigenvalue weighted by molar-refractivity contribution is 8.26. The number of hydrogen-bond donors (Lipinski definition) is 4. The number of benzene rings is 2. The highest BCUT2D eigenvalue weighted by atomic mass is 32.2. The summed E-state index contributed by atoms with van der Waals surface area (Å²) in [6, 6.07) is 13.1. The first-order chi connectivity index (χ1) is 24.7. The number of aliphatic hydroxyl groups excluding tert-OH is 1. The summed E-state index contributed by atoms with van der Waals surface area (Å²) in [4.78, 5) is 1.17. The Morgan fingerprint density at radius 1 is 0.830 bits per heavy atom. The highest BCUT2D eigenvalue weighted by Gasteiger charge is 2.14. The van der Waals surface area contributed by atoms with E-state index in [1.165, 1.54) is 51.1 Å². The monoisotopic (exact) mass is 746 g/mol. The maximum atomic E-state index is 8.08. The summed E-state index contributed by atoms with van der Waals surface area (Å²) in [5, 5.41) is 19.6. The van der Waals surface area contributed by atoms with Gasteiger partial charge in [0.25, 0.3) is 0 Å². The van der Waals surface area contributed by atoms with E-state index in [1.54, 1.807) is 6.08 Å². The van der Waals surface area contributed by atoms with Crippen LogP contribution in [0.3, 0.4) is 0 Å². The molecule has 53 heavy (non-hydrogen) atoms. The minimum absolute atomic E-state index is 0.226. The predicted molar refractivity (Wildman–Crippen MR) is 250 cm³/mol. The number of allylic oxidation sites excluding steroid dienone is 5. The Balaban J connectivity index is -0.000000778. The topological polar surface area (TPSA) is 68.1 Å². The van der Waals surface area contributed by atoms with Crippen LogP contribution in [-0.4, -0.2) is 42.3 Å². The number of aliphatic hydroxyl groups is 1. The van der Waals surface area contributed by atoms with E-state index >= 15 is 0 Å². The minimum Gasteiger partial charge on any atom is -0.396 e. The molecule has 0 unspecified atom stereocenters. The molecule has 4 nitrogen and oxygen atoms in total. The summed E-state index contributed by atoms with van der Waals surface area (Å²) in [7, 11) is -1.56. The number of aryl methyl sites for hydroxylation is 2. The molecule has 0 aromatic heterocycles. The third-order valence-electron chi connectivity index (χ3n) is 7.95. The maximum absolute atomic E-state index is 8.08. The molecule has 298 valence electrons. The zero-order valence-corrected chi connectivity index (χ0v) is 37.0. The number of unbranched alkanes of at least 4 members (excludes halogenated alkanes) is 1. The second-order valence-corrected chi connectivity index (χ2v) is 17.2. The van der Waals surface area contributed by atoms with Crippen molar-refractivity contribution in [3.05, 3.63) is 126 Å². The van der Waals surface area contributed by atoms with Gasteiger partial charge in [0.1, 0.15) is 0 Å². The van der Waals surface area contributed by atoms with Crippen LogP contribution in [0.2, 0.25) is 0 Å². The van der Waals surface area contributed by atoms with Gasteiger partial charge in [0, 0.05) is 35.9 Å². The summed E-state index contributed by atoms with van der Waals surface area (Å²) in [5.41, 5.74) is 13.1. The molecule has 5 heteroatoms. The van der Waals surface area contributed by atoms with Gasteiger partial charge in [-0.3, -0.25) is 4.72 Å². The molecule has 0 radical (unpaired) electrons. The van der Waals surface area contributed by atoms with E-state index in [0.29, 0.717) is 17.5 Å². The molecular formula is C48H79N3OS. The number of nitrogens with one attached hydrogen (secondary N) is 3. The van der Waals surface area contributed by atoms with E-state index in [0.717, 1.165) is 48.3 Å². The van der Waals surface area contributed by atoms with Gasteiger partial charge in [-0.05, 0) is 132 Å². The van der Waals surface area contributed by atoms with Crippen LogP contribution >= 0.6 is 9.39 Å². The molecule has 0 bridgehead atoms. The molecular weight excluding hydrogens is 667 g/mol. The molecule has 0 atom stereocenters. The number of hydrogen-bond acceptors (Lipinski definition) is 4. The molecule has 0 aliphatic carbocycles. The molecule has 4 N–H and O–H groups in total. The van der Waals surface area contributed by atoms with Gasteiger partial charge in [-0.1, -0.05) is 99.5 Å².